The average molecular weight is 360 g/mol. The quantitative estimate of drug-likeness (QED) is 0.353. The van der Waals surface area contributed by atoms with Crippen molar-refractivity contribution in [2.75, 3.05) is 6.61 Å². The van der Waals surface area contributed by atoms with Crippen LogP contribution in [0.15, 0.2) is 18.2 Å². The minimum Gasteiger partial charge on any atom is -0.453 e. The number of Topliss-reactive ketones (excluding diaryl/α,β-unsaturated/α-hetero) is 1. The molecule has 2 N–H and O–H groups in total. The monoisotopic (exact) mass is 360 g/mol. The number of carbonyl (C=O) groups excluding carboxylic acids is 2. The van der Waals surface area contributed by atoms with E-state index in [-0.39, 0.29) is 16.9 Å². The highest BCUT2D eigenvalue weighted by Crippen LogP contribution is 2.25. The Morgan fingerprint density at radius 3 is 2.50 bits per heavy atom. The van der Waals surface area contributed by atoms with E-state index < -0.39 is 29.4 Å². The molecule has 0 fully saturated rings. The first-order valence-electron chi connectivity index (χ1n) is 7.96. The molecule has 138 valence electrons. The van der Waals surface area contributed by atoms with Gasteiger partial charge in [-0.2, -0.15) is 0 Å². The van der Waals surface area contributed by atoms with Gasteiger partial charge < -0.3 is 14.8 Å². The van der Waals surface area contributed by atoms with E-state index >= 15 is 0 Å². The van der Waals surface area contributed by atoms with Crippen LogP contribution in [-0.4, -0.2) is 33.4 Å². The van der Waals surface area contributed by atoms with E-state index in [0.29, 0.717) is 22.4 Å². The third-order valence-electron chi connectivity index (χ3n) is 4.18. The standard InChI is InChI=1S/C18H20N2O6/c1-9-5-6-13(7-14(9)20(24)25)15(22)8-26-18(23)17-10(2)16(12(4)21)11(3)19-17/h5-7,12,19,21H,8H2,1-4H3/t12-/m0/s1. The lowest BCUT2D eigenvalue weighted by Crippen LogP contribution is -2.15. The van der Waals surface area contributed by atoms with E-state index in [1.165, 1.54) is 18.2 Å². The first-order valence-corrected chi connectivity index (χ1v) is 7.96. The molecule has 0 aliphatic rings. The van der Waals surface area contributed by atoms with Crippen LogP contribution in [-0.2, 0) is 4.74 Å². The van der Waals surface area contributed by atoms with Crippen LogP contribution in [0.5, 0.6) is 0 Å². The fourth-order valence-electron chi connectivity index (χ4n) is 2.86. The number of H-pyrrole nitrogens is 1. The fraction of sp³-hybridized carbons (Fsp3) is 0.333. The molecule has 0 radical (unpaired) electrons. The molecule has 8 nitrogen and oxygen atoms in total. The van der Waals surface area contributed by atoms with E-state index in [9.17, 15) is 24.8 Å². The highest BCUT2D eigenvalue weighted by molar-refractivity contribution is 6.00. The maximum atomic E-state index is 12.2. The van der Waals surface area contributed by atoms with Crippen LogP contribution in [0.2, 0.25) is 0 Å². The number of ether oxygens (including phenoxy) is 1. The van der Waals surface area contributed by atoms with Gasteiger partial charge >= 0.3 is 5.97 Å². The maximum absolute atomic E-state index is 12.2. The molecule has 1 heterocycles. The van der Waals surface area contributed by atoms with Crippen LogP contribution in [0, 0.1) is 30.9 Å². The lowest BCUT2D eigenvalue weighted by atomic mass is 10.1. The summed E-state index contributed by atoms with van der Waals surface area (Å²) >= 11 is 0. The number of aryl methyl sites for hydroxylation is 2. The molecule has 0 unspecified atom stereocenters. The van der Waals surface area contributed by atoms with E-state index in [1.54, 1.807) is 27.7 Å². The number of rotatable bonds is 6. The van der Waals surface area contributed by atoms with E-state index in [1.807, 2.05) is 0 Å². The Bertz CT molecular complexity index is 882. The second-order valence-electron chi connectivity index (χ2n) is 6.10. The summed E-state index contributed by atoms with van der Waals surface area (Å²) < 4.78 is 5.03. The zero-order chi connectivity index (χ0) is 19.6. The number of ketones is 1. The fourth-order valence-corrected chi connectivity index (χ4v) is 2.86. The Balaban J connectivity index is 2.13. The maximum Gasteiger partial charge on any atom is 0.355 e. The number of esters is 1. The molecule has 26 heavy (non-hydrogen) atoms. The molecule has 1 aromatic carbocycles. The van der Waals surface area contributed by atoms with Gasteiger partial charge in [0.2, 0.25) is 5.78 Å². The van der Waals surface area contributed by atoms with Crippen molar-refractivity contribution in [1.29, 1.82) is 0 Å². The lowest BCUT2D eigenvalue weighted by molar-refractivity contribution is -0.385. The Kier molecular flexibility index (Phi) is 5.56. The van der Waals surface area contributed by atoms with Crippen molar-refractivity contribution in [2.45, 2.75) is 33.8 Å². The summed E-state index contributed by atoms with van der Waals surface area (Å²) in [5.41, 5.74) is 2.34. The van der Waals surface area contributed by atoms with Crippen LogP contribution in [0.4, 0.5) is 5.69 Å². The first kappa shape index (κ1) is 19.3. The van der Waals surface area contributed by atoms with E-state index in [0.717, 1.165) is 0 Å². The van der Waals surface area contributed by atoms with Crippen molar-refractivity contribution in [2.24, 2.45) is 0 Å². The van der Waals surface area contributed by atoms with Crippen molar-refractivity contribution in [3.8, 4) is 0 Å². The molecular weight excluding hydrogens is 340 g/mol. The number of aromatic amines is 1. The molecule has 0 spiro atoms. The molecule has 8 heteroatoms. The summed E-state index contributed by atoms with van der Waals surface area (Å²) in [6.07, 6.45) is -0.748. The van der Waals surface area contributed by atoms with Gasteiger partial charge in [-0.15, -0.1) is 0 Å². The molecule has 0 aliphatic heterocycles. The smallest absolute Gasteiger partial charge is 0.355 e. The largest absolute Gasteiger partial charge is 0.453 e. The number of nitro benzene ring substituents is 1. The molecule has 1 aromatic heterocycles. The van der Waals surface area contributed by atoms with Crippen molar-refractivity contribution in [3.05, 3.63) is 62.0 Å². The summed E-state index contributed by atoms with van der Waals surface area (Å²) in [5, 5.41) is 20.7. The number of benzene rings is 1. The van der Waals surface area contributed by atoms with Gasteiger partial charge in [0.05, 0.1) is 11.0 Å². The van der Waals surface area contributed by atoms with Crippen LogP contribution in [0.25, 0.3) is 0 Å². The van der Waals surface area contributed by atoms with Gasteiger partial charge in [0.25, 0.3) is 5.69 Å². The van der Waals surface area contributed by atoms with Gasteiger partial charge in [0.1, 0.15) is 5.69 Å². The lowest BCUT2D eigenvalue weighted by Gasteiger charge is -2.06. The molecule has 0 amide bonds. The minimum atomic E-state index is -0.748. The van der Waals surface area contributed by atoms with Crippen molar-refractivity contribution >= 4 is 17.4 Å². The van der Waals surface area contributed by atoms with Gasteiger partial charge in [-0.3, -0.25) is 14.9 Å². The van der Waals surface area contributed by atoms with Crippen LogP contribution < -0.4 is 0 Å². The number of aliphatic hydroxyl groups is 1. The third-order valence-corrected chi connectivity index (χ3v) is 4.18. The number of aromatic nitrogens is 1. The molecular formula is C18H20N2O6. The van der Waals surface area contributed by atoms with Gasteiger partial charge in [-0.1, -0.05) is 12.1 Å². The number of aliphatic hydroxyl groups excluding tert-OH is 1. The van der Waals surface area contributed by atoms with Gasteiger partial charge in [-0.05, 0) is 33.3 Å². The Morgan fingerprint density at radius 1 is 1.31 bits per heavy atom. The molecule has 2 rings (SSSR count). The summed E-state index contributed by atoms with van der Waals surface area (Å²) in [5.74, 6) is -1.27. The number of hydrogen-bond donors (Lipinski definition) is 2. The van der Waals surface area contributed by atoms with E-state index in [2.05, 4.69) is 4.98 Å². The molecule has 2 aromatic rings. The summed E-state index contributed by atoms with van der Waals surface area (Å²) in [4.78, 5) is 37.6. The summed E-state index contributed by atoms with van der Waals surface area (Å²) in [7, 11) is 0. The average Bonchev–Trinajstić information content (AvgIpc) is 2.87. The molecule has 1 atom stereocenters. The Hall–Kier alpha value is -3.00. The van der Waals surface area contributed by atoms with Crippen LogP contribution >= 0.6 is 0 Å². The van der Waals surface area contributed by atoms with Crippen molar-refractivity contribution in [3.63, 3.8) is 0 Å². The summed E-state index contributed by atoms with van der Waals surface area (Å²) in [6.45, 7) is 6.02. The number of nitro groups is 1. The van der Waals surface area contributed by atoms with Crippen LogP contribution in [0.1, 0.15) is 56.3 Å². The first-order chi connectivity index (χ1) is 12.1. The predicted octanol–water partition coefficient (Wildman–Crippen LogP) is 2.94. The van der Waals surface area contributed by atoms with Gasteiger partial charge in [0.15, 0.2) is 6.61 Å². The normalized spacial score (nSPS) is 11.9. The predicted molar refractivity (Wildman–Crippen MR) is 93.3 cm³/mol. The number of carbonyl (C=O) groups is 2. The highest BCUT2D eigenvalue weighted by atomic mass is 16.6. The number of nitrogens with zero attached hydrogens (tertiary/aromatic N) is 1. The summed E-state index contributed by atoms with van der Waals surface area (Å²) in [6, 6.07) is 4.09. The number of nitrogens with one attached hydrogen (secondary N) is 1. The third kappa shape index (κ3) is 3.80. The Labute approximate surface area is 150 Å². The molecule has 0 aliphatic carbocycles. The molecule has 0 saturated carbocycles. The van der Waals surface area contributed by atoms with Gasteiger partial charge in [-0.25, -0.2) is 4.79 Å². The van der Waals surface area contributed by atoms with Gasteiger partial charge in [0, 0.05) is 28.5 Å². The SMILES string of the molecule is Cc1ccc(C(=O)COC(=O)c2[nH]c(C)c([C@H](C)O)c2C)cc1[N+](=O)[O-]. The van der Waals surface area contributed by atoms with Crippen molar-refractivity contribution < 1.29 is 24.4 Å². The van der Waals surface area contributed by atoms with Crippen LogP contribution in [0.3, 0.4) is 0 Å². The molecule has 0 saturated heterocycles. The van der Waals surface area contributed by atoms with E-state index in [4.69, 9.17) is 4.74 Å². The van der Waals surface area contributed by atoms with Crippen molar-refractivity contribution in [1.82, 2.24) is 4.98 Å². The zero-order valence-corrected chi connectivity index (χ0v) is 15.0. The zero-order valence-electron chi connectivity index (χ0n) is 15.0. The minimum absolute atomic E-state index is 0.0964. The molecule has 0 bridgehead atoms. The second kappa shape index (κ2) is 7.49. The topological polar surface area (TPSA) is 123 Å². The number of hydrogen-bond acceptors (Lipinski definition) is 6. The Morgan fingerprint density at radius 2 is 1.96 bits per heavy atom. The second-order valence-corrected chi connectivity index (χ2v) is 6.10. The highest BCUT2D eigenvalue weighted by Gasteiger charge is 2.22.